The van der Waals surface area contributed by atoms with E-state index in [1.54, 1.807) is 24.3 Å². The number of thiazole rings is 1. The van der Waals surface area contributed by atoms with Gasteiger partial charge in [-0.15, -0.1) is 11.3 Å². The first-order valence-electron chi connectivity index (χ1n) is 6.04. The van der Waals surface area contributed by atoms with Gasteiger partial charge in [0.2, 0.25) is 6.10 Å². The minimum atomic E-state index is -1.09. The van der Waals surface area contributed by atoms with Gasteiger partial charge in [-0.2, -0.15) is 0 Å². The molecule has 0 amide bonds. The van der Waals surface area contributed by atoms with Crippen LogP contribution in [0.4, 0.5) is 0 Å². The minimum absolute atomic E-state index is 0.447. The topological polar surface area (TPSA) is 59.4 Å². The number of carboxylic acid groups (broad SMARTS) is 1. The molecule has 1 aromatic heterocycles. The van der Waals surface area contributed by atoms with Crippen LogP contribution in [0.5, 0.6) is 5.75 Å². The van der Waals surface area contributed by atoms with E-state index in [2.05, 4.69) is 4.98 Å². The molecule has 100 valence electrons. The van der Waals surface area contributed by atoms with Gasteiger partial charge in [-0.05, 0) is 24.3 Å². The number of rotatable bonds is 4. The highest BCUT2D eigenvalue weighted by molar-refractivity contribution is 7.18. The van der Waals surface area contributed by atoms with Crippen molar-refractivity contribution in [2.45, 2.75) is 6.10 Å². The number of carboxylic acids is 1. The number of hydrogen-bond donors (Lipinski definition) is 1. The third-order valence-corrected chi connectivity index (χ3v) is 3.84. The van der Waals surface area contributed by atoms with Crippen LogP contribution in [-0.2, 0) is 4.79 Å². The Morgan fingerprint density at radius 1 is 1.10 bits per heavy atom. The maximum atomic E-state index is 11.4. The van der Waals surface area contributed by atoms with E-state index in [1.165, 1.54) is 11.3 Å². The first-order valence-corrected chi connectivity index (χ1v) is 6.85. The maximum Gasteiger partial charge on any atom is 0.352 e. The number of carbonyl (C=O) groups is 1. The Morgan fingerprint density at radius 2 is 1.80 bits per heavy atom. The standard InChI is InChI=1S/C15H11NO3S/c17-15(18)13(19-10-6-2-1-3-7-10)14-16-11-8-4-5-9-12(11)20-14/h1-9,13H,(H,17,18). The van der Waals surface area contributed by atoms with Crippen LogP contribution in [0.15, 0.2) is 54.6 Å². The second-order valence-corrected chi connectivity index (χ2v) is 5.23. The summed E-state index contributed by atoms with van der Waals surface area (Å²) in [5, 5.41) is 9.80. The predicted octanol–water partition coefficient (Wildman–Crippen LogP) is 3.50. The number of hydrogen-bond acceptors (Lipinski definition) is 4. The van der Waals surface area contributed by atoms with Crippen molar-refractivity contribution in [1.29, 1.82) is 0 Å². The zero-order valence-electron chi connectivity index (χ0n) is 10.4. The number of benzene rings is 2. The third-order valence-electron chi connectivity index (χ3n) is 2.76. The molecule has 0 aliphatic heterocycles. The minimum Gasteiger partial charge on any atom is -0.478 e. The van der Waals surface area contributed by atoms with Crippen LogP contribution >= 0.6 is 11.3 Å². The summed E-state index contributed by atoms with van der Waals surface area (Å²) in [6, 6.07) is 16.4. The molecule has 4 nitrogen and oxygen atoms in total. The molecule has 5 heteroatoms. The predicted molar refractivity (Wildman–Crippen MR) is 77.1 cm³/mol. The summed E-state index contributed by atoms with van der Waals surface area (Å²) in [5.74, 6) is -0.535. The fourth-order valence-corrected chi connectivity index (χ4v) is 2.83. The lowest BCUT2D eigenvalue weighted by molar-refractivity contribution is -0.145. The number of aliphatic carboxylic acids is 1. The van der Waals surface area contributed by atoms with Gasteiger partial charge in [-0.1, -0.05) is 30.3 Å². The fourth-order valence-electron chi connectivity index (χ4n) is 1.84. The molecule has 2 aromatic carbocycles. The Labute approximate surface area is 119 Å². The number of para-hydroxylation sites is 2. The van der Waals surface area contributed by atoms with Crippen LogP contribution in [-0.4, -0.2) is 16.1 Å². The number of fused-ring (bicyclic) bond motifs is 1. The van der Waals surface area contributed by atoms with Crippen molar-refractivity contribution in [2.75, 3.05) is 0 Å². The summed E-state index contributed by atoms with van der Waals surface area (Å²) in [5.41, 5.74) is 0.787. The van der Waals surface area contributed by atoms with E-state index >= 15 is 0 Å². The summed E-state index contributed by atoms with van der Waals surface area (Å²) >= 11 is 1.34. The van der Waals surface area contributed by atoms with Gasteiger partial charge < -0.3 is 9.84 Å². The van der Waals surface area contributed by atoms with Gasteiger partial charge in [0.1, 0.15) is 10.8 Å². The lowest BCUT2D eigenvalue weighted by atomic mass is 10.3. The Morgan fingerprint density at radius 3 is 2.50 bits per heavy atom. The first kappa shape index (κ1) is 12.6. The molecule has 0 saturated heterocycles. The van der Waals surface area contributed by atoms with Crippen molar-refractivity contribution in [3.05, 3.63) is 59.6 Å². The fraction of sp³-hybridized carbons (Fsp3) is 0.0667. The SMILES string of the molecule is O=C(O)C(Oc1ccccc1)c1nc2ccccc2s1. The molecule has 0 fully saturated rings. The molecule has 3 aromatic rings. The van der Waals surface area contributed by atoms with E-state index in [-0.39, 0.29) is 0 Å². The molecule has 0 aliphatic rings. The van der Waals surface area contributed by atoms with Crippen molar-refractivity contribution in [1.82, 2.24) is 4.98 Å². The quantitative estimate of drug-likeness (QED) is 0.797. The molecule has 1 unspecified atom stereocenters. The average Bonchev–Trinajstić information content (AvgIpc) is 2.89. The first-order chi connectivity index (χ1) is 9.74. The van der Waals surface area contributed by atoms with Crippen LogP contribution in [0.1, 0.15) is 11.1 Å². The van der Waals surface area contributed by atoms with Crippen LogP contribution in [0, 0.1) is 0 Å². The summed E-state index contributed by atoms with van der Waals surface area (Å²) in [7, 11) is 0. The second-order valence-electron chi connectivity index (χ2n) is 4.17. The Balaban J connectivity index is 1.96. The highest BCUT2D eigenvalue weighted by atomic mass is 32.1. The summed E-state index contributed by atoms with van der Waals surface area (Å²) in [6.07, 6.45) is -1.09. The van der Waals surface area contributed by atoms with Gasteiger partial charge in [0, 0.05) is 0 Å². The molecule has 3 rings (SSSR count). The molecule has 0 spiro atoms. The second kappa shape index (κ2) is 5.30. The smallest absolute Gasteiger partial charge is 0.352 e. The molecule has 0 aliphatic carbocycles. The molecular weight excluding hydrogens is 274 g/mol. The van der Waals surface area contributed by atoms with E-state index in [0.717, 1.165) is 10.2 Å². The monoisotopic (exact) mass is 285 g/mol. The van der Waals surface area contributed by atoms with Gasteiger partial charge in [-0.25, -0.2) is 9.78 Å². The highest BCUT2D eigenvalue weighted by Gasteiger charge is 2.25. The van der Waals surface area contributed by atoms with E-state index < -0.39 is 12.1 Å². The lowest BCUT2D eigenvalue weighted by Crippen LogP contribution is -2.17. The molecule has 1 heterocycles. The zero-order chi connectivity index (χ0) is 13.9. The summed E-state index contributed by atoms with van der Waals surface area (Å²) < 4.78 is 6.49. The number of ether oxygens (including phenoxy) is 1. The molecule has 0 radical (unpaired) electrons. The molecule has 0 saturated carbocycles. The van der Waals surface area contributed by atoms with Crippen LogP contribution in [0.25, 0.3) is 10.2 Å². The van der Waals surface area contributed by atoms with Crippen molar-refractivity contribution in [2.24, 2.45) is 0 Å². The Kier molecular flexibility index (Phi) is 3.35. The number of aromatic nitrogens is 1. The molecular formula is C15H11NO3S. The van der Waals surface area contributed by atoms with E-state index in [1.807, 2.05) is 30.3 Å². The molecule has 20 heavy (non-hydrogen) atoms. The van der Waals surface area contributed by atoms with E-state index in [9.17, 15) is 9.90 Å². The normalized spacial score (nSPS) is 12.2. The molecule has 1 atom stereocenters. The van der Waals surface area contributed by atoms with E-state index in [4.69, 9.17) is 4.74 Å². The Bertz CT molecular complexity index is 706. The largest absolute Gasteiger partial charge is 0.478 e. The Hall–Kier alpha value is -2.40. The van der Waals surface area contributed by atoms with Crippen molar-refractivity contribution >= 4 is 27.5 Å². The maximum absolute atomic E-state index is 11.4. The molecule has 1 N–H and O–H groups in total. The van der Waals surface area contributed by atoms with Crippen LogP contribution in [0.2, 0.25) is 0 Å². The molecule has 0 bridgehead atoms. The van der Waals surface area contributed by atoms with Gasteiger partial charge in [0.15, 0.2) is 0 Å². The van der Waals surface area contributed by atoms with Gasteiger partial charge >= 0.3 is 5.97 Å². The summed E-state index contributed by atoms with van der Waals surface area (Å²) in [6.45, 7) is 0. The van der Waals surface area contributed by atoms with Crippen molar-refractivity contribution in [3.63, 3.8) is 0 Å². The number of nitrogens with zero attached hydrogens (tertiary/aromatic N) is 1. The van der Waals surface area contributed by atoms with Gasteiger partial charge in [0.25, 0.3) is 0 Å². The summed E-state index contributed by atoms with van der Waals surface area (Å²) in [4.78, 5) is 15.8. The third kappa shape index (κ3) is 2.48. The van der Waals surface area contributed by atoms with Crippen molar-refractivity contribution < 1.29 is 14.6 Å². The van der Waals surface area contributed by atoms with Crippen molar-refractivity contribution in [3.8, 4) is 5.75 Å². The average molecular weight is 285 g/mol. The van der Waals surface area contributed by atoms with Crippen LogP contribution < -0.4 is 4.74 Å². The van der Waals surface area contributed by atoms with Gasteiger partial charge in [0.05, 0.1) is 10.2 Å². The lowest BCUT2D eigenvalue weighted by Gasteiger charge is -2.12. The zero-order valence-corrected chi connectivity index (χ0v) is 11.2. The highest BCUT2D eigenvalue weighted by Crippen LogP contribution is 2.29. The van der Waals surface area contributed by atoms with Gasteiger partial charge in [-0.3, -0.25) is 0 Å². The van der Waals surface area contributed by atoms with E-state index in [0.29, 0.717) is 10.8 Å². The van der Waals surface area contributed by atoms with Crippen LogP contribution in [0.3, 0.4) is 0 Å².